The molecule has 0 saturated carbocycles. The highest BCUT2D eigenvalue weighted by atomic mass is 15.3. The van der Waals surface area contributed by atoms with Crippen LogP contribution in [0.5, 0.6) is 0 Å². The second-order valence-electron chi connectivity index (χ2n) is 4.46. The predicted octanol–water partition coefficient (Wildman–Crippen LogP) is 1.54. The van der Waals surface area contributed by atoms with Crippen LogP contribution < -0.4 is 16.4 Å². The lowest BCUT2D eigenvalue weighted by Gasteiger charge is -2.16. The second kappa shape index (κ2) is 6.26. The van der Waals surface area contributed by atoms with Gasteiger partial charge in [-0.1, -0.05) is 30.3 Å². The maximum Gasteiger partial charge on any atom is 0.225 e. The van der Waals surface area contributed by atoms with Crippen molar-refractivity contribution in [1.29, 1.82) is 0 Å². The molecule has 5 heteroatoms. The second-order valence-corrected chi connectivity index (χ2v) is 4.46. The van der Waals surface area contributed by atoms with Crippen molar-refractivity contribution in [2.24, 2.45) is 5.73 Å². The number of aromatic nitrogens is 2. The molecule has 1 aromatic heterocycles. The molecule has 1 unspecified atom stereocenters. The fourth-order valence-corrected chi connectivity index (χ4v) is 1.80. The first-order valence-electron chi connectivity index (χ1n) is 6.25. The Morgan fingerprint density at radius 1 is 1.11 bits per heavy atom. The molecule has 19 heavy (non-hydrogen) atoms. The summed E-state index contributed by atoms with van der Waals surface area (Å²) in [5.74, 6) is 0.547. The molecule has 0 aliphatic heterocycles. The molecule has 4 N–H and O–H groups in total. The van der Waals surface area contributed by atoms with Crippen molar-refractivity contribution in [1.82, 2.24) is 15.3 Å². The lowest BCUT2D eigenvalue weighted by molar-refractivity contribution is 0.574. The fourth-order valence-electron chi connectivity index (χ4n) is 1.80. The maximum atomic E-state index is 5.95. The van der Waals surface area contributed by atoms with Gasteiger partial charge in [0.1, 0.15) is 6.29 Å². The highest BCUT2D eigenvalue weighted by molar-refractivity contribution is 5.28. The molecule has 1 heterocycles. The van der Waals surface area contributed by atoms with E-state index in [1.807, 2.05) is 50.2 Å². The van der Waals surface area contributed by atoms with Gasteiger partial charge in [0, 0.05) is 17.9 Å². The van der Waals surface area contributed by atoms with Gasteiger partial charge in [0.2, 0.25) is 5.95 Å². The first-order valence-corrected chi connectivity index (χ1v) is 6.25. The maximum absolute atomic E-state index is 5.95. The van der Waals surface area contributed by atoms with Crippen LogP contribution in [-0.2, 0) is 6.54 Å². The Morgan fingerprint density at radius 2 is 1.74 bits per heavy atom. The van der Waals surface area contributed by atoms with Crippen LogP contribution in [0, 0.1) is 13.8 Å². The number of hydrogen-bond donors (Lipinski definition) is 3. The highest BCUT2D eigenvalue weighted by Crippen LogP contribution is 2.04. The smallest absolute Gasteiger partial charge is 0.225 e. The number of aryl methyl sites for hydroxylation is 2. The molecule has 0 aliphatic carbocycles. The van der Waals surface area contributed by atoms with Gasteiger partial charge in [-0.2, -0.15) is 0 Å². The molecule has 5 nitrogen and oxygen atoms in total. The van der Waals surface area contributed by atoms with Gasteiger partial charge >= 0.3 is 0 Å². The van der Waals surface area contributed by atoms with E-state index in [1.54, 1.807) is 0 Å². The molecular weight excluding hydrogens is 238 g/mol. The van der Waals surface area contributed by atoms with Gasteiger partial charge in [-0.3, -0.25) is 11.1 Å². The van der Waals surface area contributed by atoms with E-state index in [-0.39, 0.29) is 6.29 Å². The molecule has 0 fully saturated rings. The first kappa shape index (κ1) is 13.5. The minimum atomic E-state index is -0.388. The third-order valence-electron chi connectivity index (χ3n) is 2.64. The number of benzene rings is 1. The summed E-state index contributed by atoms with van der Waals surface area (Å²) in [4.78, 5) is 8.57. The van der Waals surface area contributed by atoms with Crippen LogP contribution in [0.3, 0.4) is 0 Å². The minimum Gasteiger partial charge on any atom is -0.326 e. The number of hydrogen-bond acceptors (Lipinski definition) is 5. The Morgan fingerprint density at radius 3 is 2.37 bits per heavy atom. The lowest BCUT2D eigenvalue weighted by Crippen LogP contribution is -2.44. The van der Waals surface area contributed by atoms with Gasteiger partial charge in [-0.25, -0.2) is 9.97 Å². The minimum absolute atomic E-state index is 0.388. The van der Waals surface area contributed by atoms with Crippen molar-refractivity contribution in [3.05, 3.63) is 53.3 Å². The lowest BCUT2D eigenvalue weighted by atomic mass is 10.2. The first-order chi connectivity index (χ1) is 9.13. The average Bonchev–Trinajstić information content (AvgIpc) is 2.36. The summed E-state index contributed by atoms with van der Waals surface area (Å²) in [6.07, 6.45) is -0.388. The predicted molar refractivity (Wildman–Crippen MR) is 76.4 cm³/mol. The topological polar surface area (TPSA) is 75.9 Å². The van der Waals surface area contributed by atoms with Gasteiger partial charge in [-0.05, 0) is 25.5 Å². The summed E-state index contributed by atoms with van der Waals surface area (Å²) in [5.41, 5.74) is 8.98. The van der Waals surface area contributed by atoms with Crippen LogP contribution in [0.1, 0.15) is 17.0 Å². The van der Waals surface area contributed by atoms with Crippen LogP contribution >= 0.6 is 0 Å². The summed E-state index contributed by atoms with van der Waals surface area (Å²) in [5, 5.41) is 6.21. The van der Waals surface area contributed by atoms with Gasteiger partial charge < -0.3 is 5.32 Å². The summed E-state index contributed by atoms with van der Waals surface area (Å²) in [6.45, 7) is 4.56. The number of nitrogens with zero attached hydrogens (tertiary/aromatic N) is 2. The van der Waals surface area contributed by atoms with Crippen molar-refractivity contribution in [3.63, 3.8) is 0 Å². The summed E-state index contributed by atoms with van der Waals surface area (Å²) in [6, 6.07) is 12.0. The van der Waals surface area contributed by atoms with Crippen molar-refractivity contribution in [2.75, 3.05) is 5.32 Å². The van der Waals surface area contributed by atoms with E-state index in [0.29, 0.717) is 12.5 Å². The number of rotatable bonds is 5. The molecule has 2 aromatic rings. The average molecular weight is 257 g/mol. The third-order valence-corrected chi connectivity index (χ3v) is 2.64. The van der Waals surface area contributed by atoms with Crippen molar-refractivity contribution >= 4 is 5.95 Å². The Labute approximate surface area is 113 Å². The van der Waals surface area contributed by atoms with Crippen LogP contribution in [0.15, 0.2) is 36.4 Å². The van der Waals surface area contributed by atoms with Crippen LogP contribution in [0.4, 0.5) is 5.95 Å². The highest BCUT2D eigenvalue weighted by Gasteiger charge is 2.04. The molecule has 1 atom stereocenters. The molecule has 1 aromatic carbocycles. The Hall–Kier alpha value is -1.98. The van der Waals surface area contributed by atoms with E-state index in [9.17, 15) is 0 Å². The molecular formula is C14H19N5. The van der Waals surface area contributed by atoms with Crippen molar-refractivity contribution < 1.29 is 0 Å². The zero-order valence-corrected chi connectivity index (χ0v) is 11.2. The summed E-state index contributed by atoms with van der Waals surface area (Å²) < 4.78 is 0. The van der Waals surface area contributed by atoms with Gasteiger partial charge in [-0.15, -0.1) is 0 Å². The number of anilines is 1. The summed E-state index contributed by atoms with van der Waals surface area (Å²) in [7, 11) is 0. The Bertz CT molecular complexity index is 506. The van der Waals surface area contributed by atoms with Gasteiger partial charge in [0.15, 0.2) is 0 Å². The Balaban J connectivity index is 1.89. The quantitative estimate of drug-likeness (QED) is 0.708. The zero-order valence-electron chi connectivity index (χ0n) is 11.2. The molecule has 0 amide bonds. The zero-order chi connectivity index (χ0) is 13.7. The molecule has 0 bridgehead atoms. The molecule has 0 radical (unpaired) electrons. The summed E-state index contributed by atoms with van der Waals surface area (Å²) >= 11 is 0. The number of nitrogens with two attached hydrogens (primary N) is 1. The van der Waals surface area contributed by atoms with Gasteiger partial charge in [0.25, 0.3) is 0 Å². The van der Waals surface area contributed by atoms with E-state index < -0.39 is 0 Å². The molecule has 0 aliphatic rings. The Kier molecular flexibility index (Phi) is 4.43. The van der Waals surface area contributed by atoms with Gasteiger partial charge in [0.05, 0.1) is 0 Å². The molecule has 0 spiro atoms. The van der Waals surface area contributed by atoms with E-state index in [1.165, 1.54) is 5.56 Å². The van der Waals surface area contributed by atoms with E-state index in [0.717, 1.165) is 11.4 Å². The van der Waals surface area contributed by atoms with Crippen molar-refractivity contribution in [2.45, 2.75) is 26.7 Å². The SMILES string of the molecule is Cc1cc(C)nc(NC(N)NCc2ccccc2)n1. The standard InChI is InChI=1S/C14H19N5/c1-10-8-11(2)18-14(17-10)19-13(15)16-9-12-6-4-3-5-7-12/h3-8,13,16H,9,15H2,1-2H3,(H,17,18,19). The van der Waals surface area contributed by atoms with E-state index >= 15 is 0 Å². The van der Waals surface area contributed by atoms with Crippen LogP contribution in [0.2, 0.25) is 0 Å². The van der Waals surface area contributed by atoms with Crippen molar-refractivity contribution in [3.8, 4) is 0 Å². The molecule has 0 saturated heterocycles. The normalized spacial score (nSPS) is 12.2. The monoisotopic (exact) mass is 257 g/mol. The largest absolute Gasteiger partial charge is 0.326 e. The molecule has 2 rings (SSSR count). The van der Waals surface area contributed by atoms with E-state index in [4.69, 9.17) is 5.73 Å². The van der Waals surface area contributed by atoms with E-state index in [2.05, 4.69) is 20.6 Å². The fraction of sp³-hybridized carbons (Fsp3) is 0.286. The molecule has 100 valence electrons. The third kappa shape index (κ3) is 4.31. The number of nitrogens with one attached hydrogen (secondary N) is 2. The van der Waals surface area contributed by atoms with Crippen LogP contribution in [0.25, 0.3) is 0 Å². The van der Waals surface area contributed by atoms with Crippen LogP contribution in [-0.4, -0.2) is 16.3 Å².